The average Bonchev–Trinajstić information content (AvgIpc) is 3.24. The van der Waals surface area contributed by atoms with E-state index in [1.54, 1.807) is 6.92 Å². The molecule has 1 heterocycles. The number of ether oxygens (including phenoxy) is 1. The number of carbonyl (C=O) groups excluding carboxylic acids is 1. The SMILES string of the molecule is Cc1oc(=O)oc1COC(=O)[C@]12CC[C@@H](C)C(C)[C@H]1C1=CC[C@@H]3[C@@]4(C)CC[C@H](O)C(C)(C)[C@@H]4CC[C@@]3(C)[C@]1(C)CC2. The van der Waals surface area contributed by atoms with Gasteiger partial charge in [-0.2, -0.15) is 0 Å². The molecule has 1 aromatic rings. The zero-order chi connectivity index (χ0) is 29.8. The molecule has 4 saturated carbocycles. The molecule has 0 aromatic carbocycles. The number of aryl methyl sites for hydroxylation is 1. The average molecular weight is 569 g/mol. The monoisotopic (exact) mass is 568 g/mol. The van der Waals surface area contributed by atoms with Crippen LogP contribution in [0.1, 0.15) is 118 Å². The van der Waals surface area contributed by atoms with Gasteiger partial charge in [0.1, 0.15) is 0 Å². The first-order valence-corrected chi connectivity index (χ1v) is 16.3. The number of esters is 1. The van der Waals surface area contributed by atoms with Gasteiger partial charge in [-0.15, -0.1) is 0 Å². The number of aliphatic hydroxyl groups is 1. The zero-order valence-corrected chi connectivity index (χ0v) is 26.6. The lowest BCUT2D eigenvalue weighted by Gasteiger charge is -2.71. The van der Waals surface area contributed by atoms with Gasteiger partial charge in [-0.1, -0.05) is 60.1 Å². The molecule has 0 amide bonds. The van der Waals surface area contributed by atoms with Crippen molar-refractivity contribution in [2.24, 2.45) is 56.7 Å². The number of hydrogen-bond acceptors (Lipinski definition) is 6. The summed E-state index contributed by atoms with van der Waals surface area (Å²) in [6, 6.07) is 0. The van der Waals surface area contributed by atoms with Crippen LogP contribution >= 0.6 is 0 Å². The topological polar surface area (TPSA) is 89.9 Å². The Hall–Kier alpha value is -1.82. The fourth-order valence-corrected chi connectivity index (χ4v) is 11.6. The van der Waals surface area contributed by atoms with E-state index in [2.05, 4.69) is 54.5 Å². The van der Waals surface area contributed by atoms with Crippen molar-refractivity contribution in [2.75, 3.05) is 0 Å². The van der Waals surface area contributed by atoms with E-state index in [0.29, 0.717) is 35.2 Å². The predicted molar refractivity (Wildman–Crippen MR) is 157 cm³/mol. The molecule has 5 aliphatic rings. The van der Waals surface area contributed by atoms with E-state index < -0.39 is 11.2 Å². The van der Waals surface area contributed by atoms with Crippen molar-refractivity contribution in [3.63, 3.8) is 0 Å². The summed E-state index contributed by atoms with van der Waals surface area (Å²) in [6.07, 6.45) is 11.4. The lowest BCUT2D eigenvalue weighted by molar-refractivity contribution is -0.207. The molecule has 41 heavy (non-hydrogen) atoms. The highest BCUT2D eigenvalue weighted by Crippen LogP contribution is 2.75. The van der Waals surface area contributed by atoms with Gasteiger partial charge in [-0.3, -0.25) is 4.79 Å². The van der Waals surface area contributed by atoms with Crippen LogP contribution in [0.2, 0.25) is 0 Å². The Bertz CT molecular complexity index is 1300. The maximum absolute atomic E-state index is 14.2. The molecule has 6 nitrogen and oxygen atoms in total. The fourth-order valence-electron chi connectivity index (χ4n) is 11.6. The molecule has 0 aliphatic heterocycles. The third-order valence-corrected chi connectivity index (χ3v) is 14.5. The Morgan fingerprint density at radius 2 is 1.71 bits per heavy atom. The first-order chi connectivity index (χ1) is 19.1. The van der Waals surface area contributed by atoms with Crippen LogP contribution in [0.4, 0.5) is 0 Å². The second kappa shape index (κ2) is 9.34. The largest absolute Gasteiger partial charge is 0.519 e. The summed E-state index contributed by atoms with van der Waals surface area (Å²) in [5.74, 6) is 1.94. The molecule has 1 unspecified atom stereocenters. The van der Waals surface area contributed by atoms with Gasteiger partial charge < -0.3 is 18.7 Å². The molecule has 10 atom stereocenters. The molecule has 0 spiro atoms. The minimum absolute atomic E-state index is 0.0256. The lowest BCUT2D eigenvalue weighted by Crippen LogP contribution is -2.65. The summed E-state index contributed by atoms with van der Waals surface area (Å²) in [7, 11) is 0. The van der Waals surface area contributed by atoms with Gasteiger partial charge >= 0.3 is 11.8 Å². The van der Waals surface area contributed by atoms with E-state index >= 15 is 0 Å². The second-order valence-electron chi connectivity index (χ2n) is 16.2. The number of hydrogen-bond donors (Lipinski definition) is 1. The van der Waals surface area contributed by atoms with Crippen LogP contribution in [0.5, 0.6) is 0 Å². The summed E-state index contributed by atoms with van der Waals surface area (Å²) >= 11 is 0. The molecular formula is C35H52O6. The Balaban J connectivity index is 1.37. The van der Waals surface area contributed by atoms with Crippen molar-refractivity contribution in [3.8, 4) is 0 Å². The molecule has 0 saturated heterocycles. The van der Waals surface area contributed by atoms with Gasteiger partial charge in [0.2, 0.25) is 0 Å². The summed E-state index contributed by atoms with van der Waals surface area (Å²) in [4.78, 5) is 25.7. The quantitative estimate of drug-likeness (QED) is 0.298. The Morgan fingerprint density at radius 1 is 0.976 bits per heavy atom. The standard InChI is InChI=1S/C35H52O6/c1-20-11-16-35(29(37)39-19-24-22(3)40-30(38)41-24)18-17-33(7)23(28(35)21(20)2)9-10-26-32(6)14-13-27(36)31(4,5)25(32)12-15-34(26,33)8/h9,20-21,25-28,36H,10-19H2,1-8H3/t20-,21?,25+,26-,27+,28+,32+,33-,34-,35+/m1/s1. The predicted octanol–water partition coefficient (Wildman–Crippen LogP) is 7.60. The highest BCUT2D eigenvalue weighted by atomic mass is 16.6. The van der Waals surface area contributed by atoms with E-state index in [0.717, 1.165) is 51.4 Å². The van der Waals surface area contributed by atoms with Crippen molar-refractivity contribution in [1.82, 2.24) is 0 Å². The normalized spacial score (nSPS) is 46.8. The van der Waals surface area contributed by atoms with Gasteiger partial charge in [-0.05, 0) is 116 Å². The van der Waals surface area contributed by atoms with Crippen LogP contribution in [0.25, 0.3) is 0 Å². The Morgan fingerprint density at radius 3 is 2.39 bits per heavy atom. The molecule has 4 fully saturated rings. The number of rotatable bonds is 3. The van der Waals surface area contributed by atoms with E-state index in [4.69, 9.17) is 13.6 Å². The van der Waals surface area contributed by atoms with Gasteiger partial charge in [0.05, 0.1) is 11.5 Å². The molecule has 0 bridgehead atoms. The first kappa shape index (κ1) is 29.3. The Labute approximate surface area is 245 Å². The third-order valence-electron chi connectivity index (χ3n) is 14.5. The van der Waals surface area contributed by atoms with E-state index in [9.17, 15) is 14.7 Å². The summed E-state index contributed by atoms with van der Waals surface area (Å²) < 4.78 is 16.1. The van der Waals surface area contributed by atoms with Gasteiger partial charge in [-0.25, -0.2) is 4.79 Å². The van der Waals surface area contributed by atoms with Crippen molar-refractivity contribution in [3.05, 3.63) is 33.8 Å². The number of carbonyl (C=O) groups is 1. The van der Waals surface area contributed by atoms with Crippen LogP contribution in [0.15, 0.2) is 25.3 Å². The van der Waals surface area contributed by atoms with E-state index in [1.165, 1.54) is 12.0 Å². The highest BCUT2D eigenvalue weighted by molar-refractivity contribution is 5.79. The van der Waals surface area contributed by atoms with E-state index in [-0.39, 0.29) is 46.3 Å². The van der Waals surface area contributed by atoms with Crippen LogP contribution in [0.3, 0.4) is 0 Å². The number of aliphatic hydroxyl groups excluding tert-OH is 1. The van der Waals surface area contributed by atoms with Crippen molar-refractivity contribution in [1.29, 1.82) is 0 Å². The van der Waals surface area contributed by atoms with Crippen LogP contribution in [-0.2, 0) is 16.1 Å². The van der Waals surface area contributed by atoms with Gasteiger partial charge in [0, 0.05) is 0 Å². The molecule has 0 radical (unpaired) electrons. The molecule has 5 aliphatic carbocycles. The van der Waals surface area contributed by atoms with Crippen LogP contribution < -0.4 is 5.82 Å². The summed E-state index contributed by atoms with van der Waals surface area (Å²) in [5.41, 5.74) is 1.28. The maximum Gasteiger partial charge on any atom is 0.519 e. The Kier molecular flexibility index (Phi) is 6.66. The van der Waals surface area contributed by atoms with Crippen molar-refractivity contribution < 1.29 is 23.5 Å². The minimum Gasteiger partial charge on any atom is -0.457 e. The fraction of sp³-hybridized carbons (Fsp3) is 0.829. The molecule has 1 aromatic heterocycles. The third kappa shape index (κ3) is 3.83. The number of fused-ring (bicyclic) bond motifs is 7. The first-order valence-electron chi connectivity index (χ1n) is 16.3. The molecule has 228 valence electrons. The van der Waals surface area contributed by atoms with E-state index in [1.807, 2.05) is 0 Å². The lowest BCUT2D eigenvalue weighted by atomic mass is 9.33. The molecular weight excluding hydrogens is 516 g/mol. The van der Waals surface area contributed by atoms with Crippen LogP contribution in [0, 0.1) is 63.6 Å². The molecule has 1 N–H and O–H groups in total. The van der Waals surface area contributed by atoms with Crippen molar-refractivity contribution in [2.45, 2.75) is 126 Å². The highest BCUT2D eigenvalue weighted by Gasteiger charge is 2.69. The van der Waals surface area contributed by atoms with Gasteiger partial charge in [0.25, 0.3) is 0 Å². The summed E-state index contributed by atoms with van der Waals surface area (Å²) in [5, 5.41) is 11.0. The summed E-state index contributed by atoms with van der Waals surface area (Å²) in [6.45, 7) is 18.6. The number of allylic oxidation sites excluding steroid dienone is 2. The zero-order valence-electron chi connectivity index (χ0n) is 26.6. The minimum atomic E-state index is -0.757. The van der Waals surface area contributed by atoms with Crippen molar-refractivity contribution >= 4 is 5.97 Å². The molecule has 6 heteroatoms. The second-order valence-corrected chi connectivity index (χ2v) is 16.2. The maximum atomic E-state index is 14.2. The van der Waals surface area contributed by atoms with Crippen LogP contribution in [-0.4, -0.2) is 17.2 Å². The smallest absolute Gasteiger partial charge is 0.457 e. The van der Waals surface area contributed by atoms with Gasteiger partial charge in [0.15, 0.2) is 18.1 Å². The molecule has 6 rings (SSSR count).